The van der Waals surface area contributed by atoms with Crippen molar-refractivity contribution in [3.8, 4) is 0 Å². The molecule has 0 aliphatic carbocycles. The lowest BCUT2D eigenvalue weighted by Gasteiger charge is -2.14. The van der Waals surface area contributed by atoms with Crippen LogP contribution in [0.5, 0.6) is 0 Å². The highest BCUT2D eigenvalue weighted by molar-refractivity contribution is 6.33. The van der Waals surface area contributed by atoms with Gasteiger partial charge in [0, 0.05) is 31.6 Å². The molecule has 1 unspecified atom stereocenters. The van der Waals surface area contributed by atoms with Crippen LogP contribution in [0.15, 0.2) is 10.5 Å². The smallest absolute Gasteiger partial charge is 0.214 e. The van der Waals surface area contributed by atoms with E-state index in [4.69, 9.17) is 21.8 Å². The Balaban J connectivity index is 2.20. The summed E-state index contributed by atoms with van der Waals surface area (Å²) in [6.07, 6.45) is 2.44. The number of rotatable bonds is 3. The molecule has 0 radical (unpaired) electrons. The molecule has 84 valence electrons. The van der Waals surface area contributed by atoms with Crippen molar-refractivity contribution in [1.29, 1.82) is 0 Å². The molecule has 15 heavy (non-hydrogen) atoms. The fourth-order valence-corrected chi connectivity index (χ4v) is 2.14. The molecule has 3 nitrogen and oxygen atoms in total. The van der Waals surface area contributed by atoms with Gasteiger partial charge in [-0.2, -0.15) is 0 Å². The third-order valence-corrected chi connectivity index (χ3v) is 3.19. The molecule has 1 saturated heterocycles. The third-order valence-electron chi connectivity index (χ3n) is 2.92. The lowest BCUT2D eigenvalue weighted by molar-refractivity contribution is 0.475. The Hall–Kier alpha value is -0.670. The average molecular weight is 229 g/mol. The molecule has 2 N–H and O–H groups in total. The van der Waals surface area contributed by atoms with Gasteiger partial charge in [0.05, 0.1) is 0 Å². The first-order valence-electron chi connectivity index (χ1n) is 5.46. The van der Waals surface area contributed by atoms with Crippen molar-refractivity contribution >= 4 is 17.5 Å². The largest absolute Gasteiger partial charge is 0.444 e. The molecule has 0 amide bonds. The Morgan fingerprint density at radius 1 is 1.53 bits per heavy atom. The summed E-state index contributed by atoms with van der Waals surface area (Å²) in [6.45, 7) is 4.72. The monoisotopic (exact) mass is 228 g/mol. The number of nitrogens with zero attached hydrogens (tertiary/aromatic N) is 1. The molecule has 0 spiro atoms. The predicted octanol–water partition coefficient (Wildman–Crippen LogP) is 2.60. The predicted molar refractivity (Wildman–Crippen MR) is 62.6 cm³/mol. The minimum absolute atomic E-state index is 0.235. The van der Waals surface area contributed by atoms with Crippen molar-refractivity contribution < 1.29 is 4.42 Å². The highest BCUT2D eigenvalue weighted by atomic mass is 35.5. The highest BCUT2D eigenvalue weighted by Crippen LogP contribution is 2.34. The van der Waals surface area contributed by atoms with E-state index in [9.17, 15) is 0 Å². The molecule has 1 aliphatic rings. The van der Waals surface area contributed by atoms with Crippen LogP contribution in [0.3, 0.4) is 0 Å². The van der Waals surface area contributed by atoms with E-state index >= 15 is 0 Å². The second-order valence-corrected chi connectivity index (χ2v) is 4.54. The Morgan fingerprint density at radius 3 is 2.80 bits per heavy atom. The van der Waals surface area contributed by atoms with Crippen molar-refractivity contribution in [2.75, 3.05) is 24.5 Å². The van der Waals surface area contributed by atoms with Crippen molar-refractivity contribution in [3.63, 3.8) is 0 Å². The Bertz CT molecular complexity index is 331. The van der Waals surface area contributed by atoms with Gasteiger partial charge in [-0.15, -0.1) is 0 Å². The van der Waals surface area contributed by atoms with Crippen LogP contribution < -0.4 is 10.6 Å². The molecule has 2 heterocycles. The lowest BCUT2D eigenvalue weighted by Crippen LogP contribution is -2.17. The number of furan rings is 1. The average Bonchev–Trinajstić information content (AvgIpc) is 2.84. The van der Waals surface area contributed by atoms with Crippen LogP contribution in [0.1, 0.15) is 31.4 Å². The van der Waals surface area contributed by atoms with Crippen molar-refractivity contribution in [2.24, 2.45) is 5.73 Å². The van der Waals surface area contributed by atoms with Gasteiger partial charge in [-0.1, -0.05) is 18.5 Å². The summed E-state index contributed by atoms with van der Waals surface area (Å²) < 4.78 is 5.76. The summed E-state index contributed by atoms with van der Waals surface area (Å²) in [7, 11) is 0. The number of hydrogen-bond donors (Lipinski definition) is 1. The number of hydrogen-bond acceptors (Lipinski definition) is 3. The summed E-state index contributed by atoms with van der Waals surface area (Å²) in [6, 6.07) is 1.90. The van der Waals surface area contributed by atoms with Crippen molar-refractivity contribution in [2.45, 2.75) is 25.7 Å². The Kier molecular flexibility index (Phi) is 3.22. The van der Waals surface area contributed by atoms with E-state index in [1.807, 2.05) is 13.0 Å². The second kappa shape index (κ2) is 4.45. The fraction of sp³-hybridized carbons (Fsp3) is 0.636. The maximum Gasteiger partial charge on any atom is 0.214 e. The summed E-state index contributed by atoms with van der Waals surface area (Å²) in [5.74, 6) is 1.95. The molecule has 0 bridgehead atoms. The molecular formula is C11H17ClN2O. The quantitative estimate of drug-likeness (QED) is 0.865. The Morgan fingerprint density at radius 2 is 2.20 bits per heavy atom. The molecule has 1 aliphatic heterocycles. The van der Waals surface area contributed by atoms with Gasteiger partial charge in [0.2, 0.25) is 5.88 Å². The fourth-order valence-electron chi connectivity index (χ4n) is 1.87. The minimum Gasteiger partial charge on any atom is -0.444 e. The van der Waals surface area contributed by atoms with Crippen LogP contribution in [0.2, 0.25) is 5.02 Å². The zero-order valence-electron chi connectivity index (χ0n) is 9.00. The van der Waals surface area contributed by atoms with Crippen molar-refractivity contribution in [3.05, 3.63) is 16.8 Å². The number of anilines is 1. The van der Waals surface area contributed by atoms with Gasteiger partial charge >= 0.3 is 0 Å². The summed E-state index contributed by atoms with van der Waals surface area (Å²) in [5, 5.41) is 0.715. The molecule has 1 atom stereocenters. The Labute approximate surface area is 95.2 Å². The molecule has 1 aromatic heterocycles. The van der Waals surface area contributed by atoms with E-state index in [0.717, 1.165) is 24.7 Å². The third kappa shape index (κ3) is 2.13. The SMILES string of the molecule is CC(CN)c1cc(Cl)c(N2CCCC2)o1. The van der Waals surface area contributed by atoms with Crippen LogP contribution in [-0.2, 0) is 0 Å². The first kappa shape index (κ1) is 10.8. The van der Waals surface area contributed by atoms with Crippen LogP contribution in [0.4, 0.5) is 5.88 Å². The van der Waals surface area contributed by atoms with Crippen LogP contribution in [-0.4, -0.2) is 19.6 Å². The maximum atomic E-state index is 6.15. The molecule has 0 saturated carbocycles. The van der Waals surface area contributed by atoms with E-state index in [2.05, 4.69) is 4.90 Å². The van der Waals surface area contributed by atoms with E-state index in [0.29, 0.717) is 11.6 Å². The van der Waals surface area contributed by atoms with E-state index < -0.39 is 0 Å². The van der Waals surface area contributed by atoms with Crippen LogP contribution in [0, 0.1) is 0 Å². The highest BCUT2D eigenvalue weighted by Gasteiger charge is 2.21. The zero-order valence-corrected chi connectivity index (χ0v) is 9.76. The van der Waals surface area contributed by atoms with Crippen molar-refractivity contribution in [1.82, 2.24) is 0 Å². The summed E-state index contributed by atoms with van der Waals surface area (Å²) in [4.78, 5) is 2.20. The lowest BCUT2D eigenvalue weighted by atomic mass is 10.1. The van der Waals surface area contributed by atoms with Gasteiger partial charge in [-0.25, -0.2) is 0 Å². The van der Waals surface area contributed by atoms with Gasteiger partial charge in [-0.05, 0) is 12.8 Å². The van der Waals surface area contributed by atoms with E-state index in [-0.39, 0.29) is 5.92 Å². The molecule has 4 heteroatoms. The number of halogens is 1. The topological polar surface area (TPSA) is 42.4 Å². The van der Waals surface area contributed by atoms with E-state index in [1.165, 1.54) is 12.8 Å². The zero-order chi connectivity index (χ0) is 10.8. The first-order chi connectivity index (χ1) is 7.22. The molecular weight excluding hydrogens is 212 g/mol. The first-order valence-corrected chi connectivity index (χ1v) is 5.84. The standard InChI is InChI=1S/C11H17ClN2O/c1-8(7-13)10-6-9(12)11(15-10)14-4-2-3-5-14/h6,8H,2-5,7,13H2,1H3. The molecule has 0 aromatic carbocycles. The second-order valence-electron chi connectivity index (χ2n) is 4.13. The van der Waals surface area contributed by atoms with Crippen LogP contribution >= 0.6 is 11.6 Å². The summed E-state index contributed by atoms with van der Waals surface area (Å²) >= 11 is 6.15. The molecule has 2 rings (SSSR count). The van der Waals surface area contributed by atoms with Gasteiger partial charge in [0.1, 0.15) is 10.8 Å². The van der Waals surface area contributed by atoms with Gasteiger partial charge in [-0.3, -0.25) is 0 Å². The van der Waals surface area contributed by atoms with Crippen LogP contribution in [0.25, 0.3) is 0 Å². The summed E-state index contributed by atoms with van der Waals surface area (Å²) in [5.41, 5.74) is 5.60. The van der Waals surface area contributed by atoms with Gasteiger partial charge in [0.15, 0.2) is 0 Å². The minimum atomic E-state index is 0.235. The van der Waals surface area contributed by atoms with Gasteiger partial charge < -0.3 is 15.1 Å². The molecule has 1 fully saturated rings. The van der Waals surface area contributed by atoms with Gasteiger partial charge in [0.25, 0.3) is 0 Å². The maximum absolute atomic E-state index is 6.15. The normalized spacial score (nSPS) is 18.5. The van der Waals surface area contributed by atoms with E-state index in [1.54, 1.807) is 0 Å². The number of nitrogens with two attached hydrogens (primary N) is 1. The molecule has 1 aromatic rings.